The zero-order valence-corrected chi connectivity index (χ0v) is 11.9. The Bertz CT molecular complexity index is 741. The van der Waals surface area contributed by atoms with Crippen LogP contribution in [0.1, 0.15) is 15.4 Å². The maximum Gasteiger partial charge on any atom is 0.267 e. The largest absolute Gasteiger partial charge is 0.482 e. The minimum Gasteiger partial charge on any atom is -0.482 e. The highest BCUT2D eigenvalue weighted by Crippen LogP contribution is 2.35. The molecule has 0 bridgehead atoms. The summed E-state index contributed by atoms with van der Waals surface area (Å²) in [6, 6.07) is 3.15. The van der Waals surface area contributed by atoms with Crippen LogP contribution in [0.5, 0.6) is 5.75 Å². The second-order valence-corrected chi connectivity index (χ2v) is 5.35. The SMILES string of the molecule is Cc1ncsc1C(=O)Nc1cc2c(cc1N)OCC(=O)N2. The van der Waals surface area contributed by atoms with Crippen LogP contribution in [-0.2, 0) is 4.79 Å². The molecule has 4 N–H and O–H groups in total. The quantitative estimate of drug-likeness (QED) is 0.731. The highest BCUT2D eigenvalue weighted by molar-refractivity contribution is 7.12. The molecule has 0 aliphatic carbocycles. The second-order valence-electron chi connectivity index (χ2n) is 4.49. The molecule has 108 valence electrons. The van der Waals surface area contributed by atoms with E-state index in [4.69, 9.17) is 10.5 Å². The summed E-state index contributed by atoms with van der Waals surface area (Å²) < 4.78 is 5.26. The fourth-order valence-electron chi connectivity index (χ4n) is 1.95. The van der Waals surface area contributed by atoms with Gasteiger partial charge in [-0.2, -0.15) is 0 Å². The van der Waals surface area contributed by atoms with Crippen LogP contribution in [0.25, 0.3) is 0 Å². The van der Waals surface area contributed by atoms with Gasteiger partial charge in [-0.3, -0.25) is 9.59 Å². The number of carbonyl (C=O) groups is 2. The molecule has 0 saturated carbocycles. The Morgan fingerprint density at radius 3 is 3.05 bits per heavy atom. The van der Waals surface area contributed by atoms with Crippen LogP contribution in [0, 0.1) is 6.92 Å². The number of benzene rings is 1. The monoisotopic (exact) mass is 304 g/mol. The van der Waals surface area contributed by atoms with Crippen molar-refractivity contribution >= 4 is 40.2 Å². The van der Waals surface area contributed by atoms with Crippen molar-refractivity contribution in [2.24, 2.45) is 0 Å². The molecule has 21 heavy (non-hydrogen) atoms. The van der Waals surface area contributed by atoms with E-state index in [-0.39, 0.29) is 18.4 Å². The van der Waals surface area contributed by atoms with E-state index >= 15 is 0 Å². The first-order valence-corrected chi connectivity index (χ1v) is 7.00. The number of rotatable bonds is 2. The van der Waals surface area contributed by atoms with Gasteiger partial charge in [-0.25, -0.2) is 4.98 Å². The number of aryl methyl sites for hydroxylation is 1. The molecule has 0 saturated heterocycles. The summed E-state index contributed by atoms with van der Waals surface area (Å²) in [6.45, 7) is 1.72. The van der Waals surface area contributed by atoms with Gasteiger partial charge in [0.25, 0.3) is 11.8 Å². The Morgan fingerprint density at radius 2 is 2.33 bits per heavy atom. The van der Waals surface area contributed by atoms with Crippen LogP contribution >= 0.6 is 11.3 Å². The number of nitrogens with zero attached hydrogens (tertiary/aromatic N) is 1. The molecular formula is C13H12N4O3S. The number of thiazole rings is 1. The number of anilines is 3. The standard InChI is InChI=1S/C13H12N4O3S/c1-6-12(21-5-15-6)13(19)17-8-3-9-10(2-7(8)14)20-4-11(18)16-9/h2-3,5H,4,14H2,1H3,(H,16,18)(H,17,19). The van der Waals surface area contributed by atoms with Crippen molar-refractivity contribution in [3.63, 3.8) is 0 Å². The lowest BCUT2D eigenvalue weighted by atomic mass is 10.2. The van der Waals surface area contributed by atoms with E-state index in [1.807, 2.05) is 0 Å². The topological polar surface area (TPSA) is 106 Å². The summed E-state index contributed by atoms with van der Waals surface area (Å²) in [5.41, 5.74) is 9.42. The Kier molecular flexibility index (Phi) is 3.22. The van der Waals surface area contributed by atoms with Gasteiger partial charge in [-0.05, 0) is 13.0 Å². The van der Waals surface area contributed by atoms with Gasteiger partial charge in [-0.1, -0.05) is 0 Å². The van der Waals surface area contributed by atoms with E-state index in [0.29, 0.717) is 33.4 Å². The van der Waals surface area contributed by atoms with Gasteiger partial charge in [0.1, 0.15) is 10.6 Å². The van der Waals surface area contributed by atoms with Crippen LogP contribution in [-0.4, -0.2) is 23.4 Å². The predicted molar refractivity (Wildman–Crippen MR) is 79.8 cm³/mol. The maximum absolute atomic E-state index is 12.2. The average Bonchev–Trinajstić information content (AvgIpc) is 2.86. The first-order valence-electron chi connectivity index (χ1n) is 6.12. The number of fused-ring (bicyclic) bond motifs is 1. The third-order valence-electron chi connectivity index (χ3n) is 2.98. The first kappa shape index (κ1) is 13.4. The molecule has 1 aromatic heterocycles. The van der Waals surface area contributed by atoms with Gasteiger partial charge >= 0.3 is 0 Å². The van der Waals surface area contributed by atoms with E-state index in [9.17, 15) is 9.59 Å². The molecule has 2 heterocycles. The number of hydrogen-bond donors (Lipinski definition) is 3. The zero-order valence-electron chi connectivity index (χ0n) is 11.1. The smallest absolute Gasteiger partial charge is 0.267 e. The van der Waals surface area contributed by atoms with Crippen molar-refractivity contribution in [3.05, 3.63) is 28.2 Å². The molecule has 8 heteroatoms. The van der Waals surface area contributed by atoms with Gasteiger partial charge < -0.3 is 21.1 Å². The van der Waals surface area contributed by atoms with Gasteiger partial charge in [0, 0.05) is 6.07 Å². The molecule has 0 atom stereocenters. The van der Waals surface area contributed by atoms with E-state index < -0.39 is 0 Å². The lowest BCUT2D eigenvalue weighted by Gasteiger charge is -2.20. The van der Waals surface area contributed by atoms with Gasteiger partial charge in [0.15, 0.2) is 6.61 Å². The molecule has 7 nitrogen and oxygen atoms in total. The van der Waals surface area contributed by atoms with Crippen LogP contribution in [0.4, 0.5) is 17.1 Å². The maximum atomic E-state index is 12.2. The molecule has 1 aliphatic heterocycles. The molecule has 1 aromatic carbocycles. The van der Waals surface area contributed by atoms with Gasteiger partial charge in [-0.15, -0.1) is 11.3 Å². The molecule has 2 amide bonds. The van der Waals surface area contributed by atoms with E-state index in [2.05, 4.69) is 15.6 Å². The molecule has 3 rings (SSSR count). The van der Waals surface area contributed by atoms with E-state index in [0.717, 1.165) is 0 Å². The van der Waals surface area contributed by atoms with Crippen molar-refractivity contribution in [1.29, 1.82) is 0 Å². The molecule has 1 aliphatic rings. The Balaban J connectivity index is 1.89. The highest BCUT2D eigenvalue weighted by atomic mass is 32.1. The summed E-state index contributed by atoms with van der Waals surface area (Å²) in [4.78, 5) is 28.0. The first-order chi connectivity index (χ1) is 10.0. The van der Waals surface area contributed by atoms with Crippen molar-refractivity contribution in [2.75, 3.05) is 23.0 Å². The fourth-order valence-corrected chi connectivity index (χ4v) is 2.65. The van der Waals surface area contributed by atoms with Crippen molar-refractivity contribution in [1.82, 2.24) is 4.98 Å². The Morgan fingerprint density at radius 1 is 1.52 bits per heavy atom. The van der Waals surface area contributed by atoms with Crippen molar-refractivity contribution in [2.45, 2.75) is 6.92 Å². The molecule has 0 spiro atoms. The number of aromatic nitrogens is 1. The van der Waals surface area contributed by atoms with Crippen molar-refractivity contribution in [3.8, 4) is 5.75 Å². The van der Waals surface area contributed by atoms with Crippen LogP contribution < -0.4 is 21.1 Å². The lowest BCUT2D eigenvalue weighted by Crippen LogP contribution is -2.25. The van der Waals surface area contributed by atoms with Crippen LogP contribution in [0.15, 0.2) is 17.6 Å². The normalized spacial score (nSPS) is 13.1. The lowest BCUT2D eigenvalue weighted by molar-refractivity contribution is -0.118. The number of nitrogen functional groups attached to an aromatic ring is 1. The number of carbonyl (C=O) groups excluding carboxylic acids is 2. The van der Waals surface area contributed by atoms with E-state index in [1.165, 1.54) is 11.3 Å². The van der Waals surface area contributed by atoms with Crippen LogP contribution in [0.2, 0.25) is 0 Å². The highest BCUT2D eigenvalue weighted by Gasteiger charge is 2.19. The number of nitrogens with one attached hydrogen (secondary N) is 2. The third-order valence-corrected chi connectivity index (χ3v) is 3.91. The summed E-state index contributed by atoms with van der Waals surface area (Å²) in [7, 11) is 0. The molecule has 0 unspecified atom stereocenters. The number of hydrogen-bond acceptors (Lipinski definition) is 6. The molecule has 0 radical (unpaired) electrons. The summed E-state index contributed by atoms with van der Waals surface area (Å²) in [5.74, 6) is -0.0494. The average molecular weight is 304 g/mol. The van der Waals surface area contributed by atoms with Gasteiger partial charge in [0.2, 0.25) is 0 Å². The summed E-state index contributed by atoms with van der Waals surface area (Å²) in [6.07, 6.45) is 0. The summed E-state index contributed by atoms with van der Waals surface area (Å²) in [5, 5.41) is 5.38. The second kappa shape index (κ2) is 5.06. The molecule has 0 fully saturated rings. The van der Waals surface area contributed by atoms with E-state index in [1.54, 1.807) is 24.6 Å². The fraction of sp³-hybridized carbons (Fsp3) is 0.154. The minimum atomic E-state index is -0.287. The number of ether oxygens (including phenoxy) is 1. The third kappa shape index (κ3) is 2.52. The number of nitrogens with two attached hydrogens (primary N) is 1. The Hall–Kier alpha value is -2.61. The Labute approximate surface area is 124 Å². The predicted octanol–water partition coefficient (Wildman–Crippen LogP) is 1.62. The summed E-state index contributed by atoms with van der Waals surface area (Å²) >= 11 is 1.25. The molecule has 2 aromatic rings. The zero-order chi connectivity index (χ0) is 15.0. The minimum absolute atomic E-state index is 0.0434. The molecular weight excluding hydrogens is 292 g/mol. The van der Waals surface area contributed by atoms with Crippen molar-refractivity contribution < 1.29 is 14.3 Å². The number of amides is 2. The van der Waals surface area contributed by atoms with Crippen LogP contribution in [0.3, 0.4) is 0 Å². The van der Waals surface area contributed by atoms with Gasteiger partial charge in [0.05, 0.1) is 28.3 Å².